The average Bonchev–Trinajstić information content (AvgIpc) is 2.95. The lowest BCUT2D eigenvalue weighted by atomic mass is 10.2. The second-order valence-corrected chi connectivity index (χ2v) is 7.28. The molecule has 0 radical (unpaired) electrons. The summed E-state index contributed by atoms with van der Waals surface area (Å²) in [6, 6.07) is 12.6. The van der Waals surface area contributed by atoms with Crippen LogP contribution < -0.4 is 9.64 Å². The van der Waals surface area contributed by atoms with Gasteiger partial charge in [0.25, 0.3) is 0 Å². The zero-order valence-electron chi connectivity index (χ0n) is 15.2. The van der Waals surface area contributed by atoms with Crippen LogP contribution in [0.2, 0.25) is 0 Å². The van der Waals surface area contributed by atoms with E-state index in [0.717, 1.165) is 35.4 Å². The number of amides is 1. The van der Waals surface area contributed by atoms with Crippen molar-refractivity contribution in [3.8, 4) is 5.75 Å². The lowest BCUT2D eigenvalue weighted by Crippen LogP contribution is -2.34. The summed E-state index contributed by atoms with van der Waals surface area (Å²) in [6.07, 6.45) is 3.87. The molecule has 2 aromatic rings. The molecule has 0 bridgehead atoms. The molecule has 1 heterocycles. The van der Waals surface area contributed by atoms with Gasteiger partial charge in [0.05, 0.1) is 7.11 Å². The fourth-order valence-electron chi connectivity index (χ4n) is 3.10. The van der Waals surface area contributed by atoms with Gasteiger partial charge in [-0.15, -0.1) is 0 Å². The Bertz CT molecular complexity index is 823. The Hall–Kier alpha value is -2.34. The third-order valence-electron chi connectivity index (χ3n) is 4.61. The van der Waals surface area contributed by atoms with Crippen LogP contribution in [0.25, 0.3) is 6.08 Å². The number of hydrogen-bond acceptors (Lipinski definition) is 3. The van der Waals surface area contributed by atoms with Crippen molar-refractivity contribution in [3.05, 3.63) is 64.4 Å². The Morgan fingerprint density at radius 3 is 2.63 bits per heavy atom. The zero-order chi connectivity index (χ0) is 19.2. The van der Waals surface area contributed by atoms with Gasteiger partial charge in [0, 0.05) is 48.0 Å². The lowest BCUT2D eigenvalue weighted by Gasteiger charge is -2.23. The molecule has 0 N–H and O–H groups in total. The van der Waals surface area contributed by atoms with Crippen molar-refractivity contribution in [1.29, 1.82) is 0 Å². The highest BCUT2D eigenvalue weighted by atomic mass is 79.9. The van der Waals surface area contributed by atoms with Crippen molar-refractivity contribution < 1.29 is 13.9 Å². The monoisotopic (exact) mass is 432 g/mol. The number of methoxy groups -OCH3 is 1. The van der Waals surface area contributed by atoms with E-state index in [0.29, 0.717) is 18.7 Å². The predicted octanol–water partition coefficient (Wildman–Crippen LogP) is 4.35. The number of carbonyl (C=O) groups is 1. The minimum absolute atomic E-state index is 0.0917. The van der Waals surface area contributed by atoms with E-state index in [2.05, 4.69) is 20.8 Å². The van der Waals surface area contributed by atoms with Crippen LogP contribution in [0.3, 0.4) is 0 Å². The molecule has 142 valence electrons. The molecule has 1 amide bonds. The fourth-order valence-corrected chi connectivity index (χ4v) is 3.48. The molecule has 27 heavy (non-hydrogen) atoms. The van der Waals surface area contributed by atoms with Crippen molar-refractivity contribution in [2.24, 2.45) is 0 Å². The van der Waals surface area contributed by atoms with E-state index in [1.165, 1.54) is 18.2 Å². The Balaban J connectivity index is 1.62. The molecular weight excluding hydrogens is 411 g/mol. The van der Waals surface area contributed by atoms with Gasteiger partial charge in [-0.2, -0.15) is 0 Å². The molecular formula is C21H22BrFN2O2. The van der Waals surface area contributed by atoms with Crippen molar-refractivity contribution in [2.75, 3.05) is 38.2 Å². The molecule has 0 unspecified atom stereocenters. The third kappa shape index (κ3) is 5.10. The highest BCUT2D eigenvalue weighted by Gasteiger charge is 2.18. The van der Waals surface area contributed by atoms with Gasteiger partial charge in [0.15, 0.2) is 0 Å². The molecule has 1 fully saturated rings. The van der Waals surface area contributed by atoms with Crippen LogP contribution in [-0.2, 0) is 4.79 Å². The molecule has 0 aromatic heterocycles. The number of rotatable bonds is 4. The zero-order valence-corrected chi connectivity index (χ0v) is 16.8. The number of ether oxygens (including phenoxy) is 1. The molecule has 2 aromatic carbocycles. The van der Waals surface area contributed by atoms with Crippen LogP contribution in [0, 0.1) is 5.82 Å². The minimum Gasteiger partial charge on any atom is -0.497 e. The number of benzene rings is 2. The summed E-state index contributed by atoms with van der Waals surface area (Å²) in [7, 11) is 1.65. The predicted molar refractivity (Wildman–Crippen MR) is 110 cm³/mol. The van der Waals surface area contributed by atoms with Crippen LogP contribution in [-0.4, -0.2) is 44.1 Å². The first-order valence-corrected chi connectivity index (χ1v) is 9.67. The minimum atomic E-state index is -0.344. The van der Waals surface area contributed by atoms with Gasteiger partial charge < -0.3 is 14.5 Å². The SMILES string of the molecule is COc1ccc(N2CCCN(C(=O)/C=C/c3cc(Br)ccc3F)CC2)cc1. The Morgan fingerprint density at radius 1 is 1.11 bits per heavy atom. The first kappa shape index (κ1) is 19.4. The highest BCUT2D eigenvalue weighted by Crippen LogP contribution is 2.21. The molecule has 0 aliphatic carbocycles. The summed E-state index contributed by atoms with van der Waals surface area (Å²) in [6.45, 7) is 2.98. The maximum Gasteiger partial charge on any atom is 0.246 e. The average molecular weight is 433 g/mol. The third-order valence-corrected chi connectivity index (χ3v) is 5.10. The second-order valence-electron chi connectivity index (χ2n) is 6.36. The molecule has 1 aliphatic rings. The summed E-state index contributed by atoms with van der Waals surface area (Å²) in [5, 5.41) is 0. The van der Waals surface area contributed by atoms with Crippen molar-refractivity contribution in [1.82, 2.24) is 4.90 Å². The van der Waals surface area contributed by atoms with Crippen LogP contribution >= 0.6 is 15.9 Å². The first-order chi connectivity index (χ1) is 13.1. The highest BCUT2D eigenvalue weighted by molar-refractivity contribution is 9.10. The van der Waals surface area contributed by atoms with Gasteiger partial charge >= 0.3 is 0 Å². The summed E-state index contributed by atoms with van der Waals surface area (Å²) in [5.41, 5.74) is 1.52. The number of carbonyl (C=O) groups excluding carboxylic acids is 1. The largest absolute Gasteiger partial charge is 0.497 e. The number of anilines is 1. The van der Waals surface area contributed by atoms with Gasteiger partial charge in [-0.25, -0.2) is 4.39 Å². The lowest BCUT2D eigenvalue weighted by molar-refractivity contribution is -0.125. The molecule has 0 spiro atoms. The smallest absolute Gasteiger partial charge is 0.246 e. The number of hydrogen-bond donors (Lipinski definition) is 0. The van der Waals surface area contributed by atoms with E-state index in [1.54, 1.807) is 19.2 Å². The Labute approximate surface area is 167 Å². The number of halogens is 2. The van der Waals surface area contributed by atoms with Crippen LogP contribution in [0.15, 0.2) is 53.0 Å². The summed E-state index contributed by atoms with van der Waals surface area (Å²) in [5.74, 6) is 0.394. The molecule has 1 aliphatic heterocycles. The van der Waals surface area contributed by atoms with Gasteiger partial charge in [-0.3, -0.25) is 4.79 Å². The van der Waals surface area contributed by atoms with E-state index < -0.39 is 0 Å². The molecule has 0 saturated carbocycles. The van der Waals surface area contributed by atoms with Crippen LogP contribution in [0.1, 0.15) is 12.0 Å². The van der Waals surface area contributed by atoms with E-state index >= 15 is 0 Å². The summed E-state index contributed by atoms with van der Waals surface area (Å²) in [4.78, 5) is 16.6. The van der Waals surface area contributed by atoms with E-state index in [9.17, 15) is 9.18 Å². The summed E-state index contributed by atoms with van der Waals surface area (Å²) >= 11 is 3.32. The topological polar surface area (TPSA) is 32.8 Å². The van der Waals surface area contributed by atoms with E-state index in [-0.39, 0.29) is 11.7 Å². The van der Waals surface area contributed by atoms with E-state index in [1.807, 2.05) is 29.2 Å². The van der Waals surface area contributed by atoms with Crippen LogP contribution in [0.4, 0.5) is 10.1 Å². The number of nitrogens with zero attached hydrogens (tertiary/aromatic N) is 2. The second kappa shape index (κ2) is 9.04. The molecule has 6 heteroatoms. The maximum atomic E-state index is 13.8. The van der Waals surface area contributed by atoms with Crippen molar-refractivity contribution in [3.63, 3.8) is 0 Å². The maximum absolute atomic E-state index is 13.8. The van der Waals surface area contributed by atoms with Crippen molar-refractivity contribution in [2.45, 2.75) is 6.42 Å². The van der Waals surface area contributed by atoms with Gasteiger partial charge in [-0.1, -0.05) is 15.9 Å². The molecule has 1 saturated heterocycles. The summed E-state index contributed by atoms with van der Waals surface area (Å²) < 4.78 is 19.8. The van der Waals surface area contributed by atoms with Gasteiger partial charge in [-0.05, 0) is 55.0 Å². The molecule has 3 rings (SSSR count). The van der Waals surface area contributed by atoms with Gasteiger partial charge in [0.2, 0.25) is 5.91 Å². The standard InChI is InChI=1S/C21H22BrFN2O2/c1-27-19-7-5-18(6-8-19)24-11-2-12-25(14-13-24)21(26)10-3-16-15-17(22)4-9-20(16)23/h3-10,15H,2,11-14H2,1H3/b10-3+. The normalized spacial score (nSPS) is 15.1. The van der Waals surface area contributed by atoms with Crippen LogP contribution in [0.5, 0.6) is 5.75 Å². The Morgan fingerprint density at radius 2 is 1.89 bits per heavy atom. The molecule has 4 nitrogen and oxygen atoms in total. The van der Waals surface area contributed by atoms with Crippen molar-refractivity contribution >= 4 is 33.6 Å². The van der Waals surface area contributed by atoms with E-state index in [4.69, 9.17) is 4.74 Å². The first-order valence-electron chi connectivity index (χ1n) is 8.88. The fraction of sp³-hybridized carbons (Fsp3) is 0.286. The molecule has 0 atom stereocenters. The van der Waals surface area contributed by atoms with Gasteiger partial charge in [0.1, 0.15) is 11.6 Å². The quantitative estimate of drug-likeness (QED) is 0.673. The Kier molecular flexibility index (Phi) is 6.50.